The number of methoxy groups -OCH3 is 1. The number of hydrogen-bond acceptors (Lipinski definition) is 8. The predicted molar refractivity (Wildman–Crippen MR) is 120 cm³/mol. The molecule has 0 aliphatic carbocycles. The van der Waals surface area contributed by atoms with Gasteiger partial charge in [0.15, 0.2) is 0 Å². The molecule has 0 bridgehead atoms. The number of thioether (sulfide) groups is 1. The Bertz CT molecular complexity index is 1070. The number of carbonyl (C=O) groups is 1. The second-order valence-electron chi connectivity index (χ2n) is 5.78. The second-order valence-corrected chi connectivity index (χ2v) is 7.57. The maximum Gasteiger partial charge on any atom is 0.264 e. The molecule has 0 aliphatic rings. The monoisotopic (exact) mass is 465 g/mol. The molecule has 9 nitrogen and oxygen atoms in total. The number of nitrogens with one attached hydrogen (secondary N) is 2. The molecule has 30 heavy (non-hydrogen) atoms. The fourth-order valence-electron chi connectivity index (χ4n) is 2.25. The molecule has 0 fully saturated rings. The molecule has 156 valence electrons. The number of aromatic nitrogens is 3. The van der Waals surface area contributed by atoms with E-state index < -0.39 is 0 Å². The molecule has 0 saturated heterocycles. The zero-order valence-electron chi connectivity index (χ0n) is 15.7. The van der Waals surface area contributed by atoms with Crippen molar-refractivity contribution in [2.75, 3.05) is 29.4 Å². The van der Waals surface area contributed by atoms with Crippen molar-refractivity contribution >= 4 is 58.7 Å². The first-order valence-electron chi connectivity index (χ1n) is 8.47. The molecule has 0 spiro atoms. The maximum absolute atomic E-state index is 12.2. The Kier molecular flexibility index (Phi) is 7.39. The molecular formula is C18H17Cl2N7O2S. The van der Waals surface area contributed by atoms with Gasteiger partial charge in [0.25, 0.3) is 5.95 Å². The summed E-state index contributed by atoms with van der Waals surface area (Å²) in [6.45, 7) is 0. The molecule has 1 heterocycles. The van der Waals surface area contributed by atoms with Crippen LogP contribution in [0.2, 0.25) is 10.0 Å². The van der Waals surface area contributed by atoms with E-state index in [-0.39, 0.29) is 17.6 Å². The van der Waals surface area contributed by atoms with E-state index in [4.69, 9.17) is 33.8 Å². The van der Waals surface area contributed by atoms with Gasteiger partial charge in [-0.3, -0.25) is 4.79 Å². The predicted octanol–water partition coefficient (Wildman–Crippen LogP) is 3.48. The summed E-state index contributed by atoms with van der Waals surface area (Å²) in [5, 5.41) is 15.8. The number of hydrogen-bond donors (Lipinski definition) is 3. The van der Waals surface area contributed by atoms with Crippen molar-refractivity contribution in [1.29, 1.82) is 0 Å². The number of nitrogens with two attached hydrogens (primary N) is 1. The van der Waals surface area contributed by atoms with Gasteiger partial charge in [-0.05, 0) is 35.9 Å². The summed E-state index contributed by atoms with van der Waals surface area (Å²) in [5.74, 6) is 6.67. The normalized spacial score (nSPS) is 10.9. The molecule has 0 unspecified atom stereocenters. The highest BCUT2D eigenvalue weighted by Gasteiger charge is 2.13. The van der Waals surface area contributed by atoms with E-state index in [0.717, 1.165) is 23.1 Å². The molecule has 0 aliphatic heterocycles. The zero-order valence-corrected chi connectivity index (χ0v) is 18.0. The summed E-state index contributed by atoms with van der Waals surface area (Å²) >= 11 is 13.0. The van der Waals surface area contributed by atoms with Gasteiger partial charge in [0, 0.05) is 5.02 Å². The zero-order chi connectivity index (χ0) is 21.5. The lowest BCUT2D eigenvalue weighted by Crippen LogP contribution is -2.17. The van der Waals surface area contributed by atoms with Gasteiger partial charge in [-0.1, -0.05) is 47.1 Å². The highest BCUT2D eigenvalue weighted by Crippen LogP contribution is 2.26. The van der Waals surface area contributed by atoms with E-state index in [0.29, 0.717) is 20.9 Å². The van der Waals surface area contributed by atoms with E-state index in [9.17, 15) is 4.79 Å². The summed E-state index contributed by atoms with van der Waals surface area (Å²) in [6, 6.07) is 12.2. The third-order valence-electron chi connectivity index (χ3n) is 3.67. The van der Waals surface area contributed by atoms with Crippen LogP contribution in [0.25, 0.3) is 0 Å². The first kappa shape index (κ1) is 21.8. The molecule has 0 radical (unpaired) electrons. The van der Waals surface area contributed by atoms with Crippen LogP contribution in [0.3, 0.4) is 0 Å². The molecule has 4 N–H and O–H groups in total. The number of carbonyl (C=O) groups excluding carboxylic acids is 1. The number of anilines is 2. The van der Waals surface area contributed by atoms with E-state index >= 15 is 0 Å². The number of benzene rings is 2. The van der Waals surface area contributed by atoms with E-state index in [2.05, 4.69) is 26.0 Å². The van der Waals surface area contributed by atoms with Gasteiger partial charge in [0.1, 0.15) is 5.75 Å². The Labute approximate surface area is 186 Å². The molecule has 12 heteroatoms. The van der Waals surface area contributed by atoms with Crippen LogP contribution >= 0.6 is 35.0 Å². The highest BCUT2D eigenvalue weighted by atomic mass is 35.5. The summed E-state index contributed by atoms with van der Waals surface area (Å²) in [5.41, 5.74) is 4.01. The van der Waals surface area contributed by atoms with Crippen LogP contribution < -0.4 is 21.3 Å². The standard InChI is InChI=1S/C18H17Cl2N7O2S/c1-29-13-4-2-3-11(7-13)9-22-24-17-25-26-18(27(17)21)30-10-16(28)23-15-6-5-12(19)8-14(15)20/h2-9H,10,21H2,1H3,(H,23,28)(H,24,25)/b22-9+. The topological polar surface area (TPSA) is 119 Å². The van der Waals surface area contributed by atoms with Gasteiger partial charge < -0.3 is 15.9 Å². The largest absolute Gasteiger partial charge is 0.497 e. The van der Waals surface area contributed by atoms with Crippen LogP contribution in [0.15, 0.2) is 52.7 Å². The number of halogens is 2. The number of nitrogens with zero attached hydrogens (tertiary/aromatic N) is 4. The van der Waals surface area contributed by atoms with Crippen molar-refractivity contribution in [1.82, 2.24) is 14.9 Å². The van der Waals surface area contributed by atoms with Gasteiger partial charge in [-0.25, -0.2) is 10.1 Å². The van der Waals surface area contributed by atoms with Gasteiger partial charge in [-0.15, -0.1) is 10.2 Å². The molecule has 0 atom stereocenters. The van der Waals surface area contributed by atoms with E-state index in [1.807, 2.05) is 24.3 Å². The quantitative estimate of drug-likeness (QED) is 0.201. The lowest BCUT2D eigenvalue weighted by Gasteiger charge is -2.07. The average molecular weight is 466 g/mol. The van der Waals surface area contributed by atoms with Gasteiger partial charge in [0.05, 0.1) is 29.8 Å². The molecule has 2 aromatic carbocycles. The fourth-order valence-corrected chi connectivity index (χ4v) is 3.36. The first-order valence-corrected chi connectivity index (χ1v) is 10.2. The van der Waals surface area contributed by atoms with Crippen molar-refractivity contribution in [2.45, 2.75) is 5.16 Å². The molecule has 3 rings (SSSR count). The summed E-state index contributed by atoms with van der Waals surface area (Å²) < 4.78 is 6.36. The summed E-state index contributed by atoms with van der Waals surface area (Å²) in [7, 11) is 1.59. The lowest BCUT2D eigenvalue weighted by molar-refractivity contribution is -0.113. The van der Waals surface area contributed by atoms with Crippen LogP contribution in [-0.2, 0) is 4.79 Å². The molecular weight excluding hydrogens is 449 g/mol. The number of ether oxygens (including phenoxy) is 1. The van der Waals surface area contributed by atoms with Crippen molar-refractivity contribution in [3.8, 4) is 5.75 Å². The van der Waals surface area contributed by atoms with Crippen LogP contribution in [0.5, 0.6) is 5.75 Å². The number of rotatable bonds is 8. The Balaban J connectivity index is 1.54. The SMILES string of the molecule is COc1cccc(/C=N/Nc2nnc(SCC(=O)Nc3ccc(Cl)cc3Cl)n2N)c1. The minimum Gasteiger partial charge on any atom is -0.497 e. The van der Waals surface area contributed by atoms with Crippen LogP contribution in [0.4, 0.5) is 11.6 Å². The summed E-state index contributed by atoms with van der Waals surface area (Å²) in [6.07, 6.45) is 1.59. The molecule has 3 aromatic rings. The number of amides is 1. The van der Waals surface area contributed by atoms with Crippen LogP contribution in [-0.4, -0.2) is 39.9 Å². The Hall–Kier alpha value is -2.95. The van der Waals surface area contributed by atoms with Gasteiger partial charge in [-0.2, -0.15) is 5.10 Å². The third kappa shape index (κ3) is 5.78. The minimum atomic E-state index is -0.280. The fraction of sp³-hybridized carbons (Fsp3) is 0.111. The van der Waals surface area contributed by atoms with Gasteiger partial charge >= 0.3 is 0 Å². The molecule has 1 amide bonds. The second kappa shape index (κ2) is 10.2. The van der Waals surface area contributed by atoms with Crippen LogP contribution in [0.1, 0.15) is 5.56 Å². The number of nitrogen functional groups attached to an aromatic ring is 1. The summed E-state index contributed by atoms with van der Waals surface area (Å²) in [4.78, 5) is 12.2. The smallest absolute Gasteiger partial charge is 0.264 e. The minimum absolute atomic E-state index is 0.0569. The highest BCUT2D eigenvalue weighted by molar-refractivity contribution is 7.99. The van der Waals surface area contributed by atoms with Crippen molar-refractivity contribution < 1.29 is 9.53 Å². The van der Waals surface area contributed by atoms with E-state index in [1.165, 1.54) is 4.68 Å². The Morgan fingerprint density at radius 1 is 1.30 bits per heavy atom. The third-order valence-corrected chi connectivity index (χ3v) is 5.16. The Morgan fingerprint density at radius 3 is 2.90 bits per heavy atom. The van der Waals surface area contributed by atoms with Crippen molar-refractivity contribution in [3.05, 3.63) is 58.1 Å². The van der Waals surface area contributed by atoms with Crippen LogP contribution in [0, 0.1) is 0 Å². The number of hydrazone groups is 1. The van der Waals surface area contributed by atoms with Crippen molar-refractivity contribution in [2.24, 2.45) is 5.10 Å². The van der Waals surface area contributed by atoms with Crippen molar-refractivity contribution in [3.63, 3.8) is 0 Å². The average Bonchev–Trinajstić information content (AvgIpc) is 3.08. The first-order chi connectivity index (χ1) is 14.5. The Morgan fingerprint density at radius 2 is 2.13 bits per heavy atom. The van der Waals surface area contributed by atoms with Gasteiger partial charge in [0.2, 0.25) is 11.1 Å². The molecule has 0 saturated carbocycles. The molecule has 1 aromatic heterocycles. The van der Waals surface area contributed by atoms with E-state index in [1.54, 1.807) is 31.5 Å². The lowest BCUT2D eigenvalue weighted by atomic mass is 10.2. The maximum atomic E-state index is 12.2.